The number of hydrogen-bond donors (Lipinski definition) is 0. The Hall–Kier alpha value is -5.68. The summed E-state index contributed by atoms with van der Waals surface area (Å²) in [7, 11) is -2.05. The molecule has 0 unspecified atom stereocenters. The molecule has 0 fully saturated rings. The largest absolute Gasteiger partial charge is 0.228 e. The van der Waals surface area contributed by atoms with Crippen molar-refractivity contribution < 1.29 is 0 Å². The third-order valence-corrected chi connectivity index (χ3v) is 15.1. The van der Waals surface area contributed by atoms with Gasteiger partial charge in [0.15, 0.2) is 5.82 Å². The van der Waals surface area contributed by atoms with E-state index in [1.54, 1.807) is 0 Å². The molecule has 0 amide bonds. The average molecular weight is 673 g/mol. The number of thiophene rings is 1. The molecule has 0 spiro atoms. The molecule has 0 N–H and O–H groups in total. The van der Waals surface area contributed by atoms with Crippen LogP contribution in [0, 0.1) is 0 Å². The van der Waals surface area contributed by atoms with Gasteiger partial charge in [-0.3, -0.25) is 0 Å². The van der Waals surface area contributed by atoms with Crippen LogP contribution in [0.1, 0.15) is 0 Å². The number of rotatable bonds is 4. The topological polar surface area (TPSA) is 25.8 Å². The molecule has 10 rings (SSSR count). The van der Waals surface area contributed by atoms with E-state index in [0.717, 1.165) is 39.1 Å². The maximum absolute atomic E-state index is 5.51. The number of fused-ring (bicyclic) bond motifs is 8. The fraction of sp³-hybridized carbons (Fsp3) is 0.0435. The SMILES string of the molecule is C[Si]1(C)c2ccccc2-c2ccc3c(-c4ccc5sc6ccccc6c5c4)nc(-c4cccc(-c5cccc(-c6ccccc6)c5)c4)nc3c21. The quantitative estimate of drug-likeness (QED) is 0.174. The molecular weight excluding hydrogens is 641 g/mol. The molecule has 3 heterocycles. The van der Waals surface area contributed by atoms with Crippen molar-refractivity contribution in [3.8, 4) is 56.0 Å². The van der Waals surface area contributed by atoms with Crippen LogP contribution in [0.4, 0.5) is 0 Å². The van der Waals surface area contributed by atoms with Crippen LogP contribution >= 0.6 is 11.3 Å². The third-order valence-electron chi connectivity index (χ3n) is 10.5. The molecule has 7 aromatic carbocycles. The molecule has 9 aromatic rings. The molecule has 4 heteroatoms. The second-order valence-corrected chi connectivity index (χ2v) is 19.2. The van der Waals surface area contributed by atoms with Gasteiger partial charge < -0.3 is 0 Å². The third kappa shape index (κ3) is 4.53. The first kappa shape index (κ1) is 29.3. The Kier molecular flexibility index (Phi) is 6.54. The summed E-state index contributed by atoms with van der Waals surface area (Å²) in [5.74, 6) is 0.762. The van der Waals surface area contributed by atoms with Crippen molar-refractivity contribution in [2.75, 3.05) is 0 Å². The van der Waals surface area contributed by atoms with Crippen molar-refractivity contribution in [1.29, 1.82) is 0 Å². The number of benzene rings is 7. The predicted molar refractivity (Wildman–Crippen MR) is 216 cm³/mol. The van der Waals surface area contributed by atoms with Crippen molar-refractivity contribution in [1.82, 2.24) is 9.97 Å². The second kappa shape index (κ2) is 11.2. The van der Waals surface area contributed by atoms with Crippen LogP contribution in [-0.2, 0) is 0 Å². The highest BCUT2D eigenvalue weighted by atomic mass is 32.1. The van der Waals surface area contributed by atoms with E-state index in [-0.39, 0.29) is 0 Å². The normalized spacial score (nSPS) is 13.2. The molecule has 2 nitrogen and oxygen atoms in total. The Morgan fingerprint density at radius 3 is 1.94 bits per heavy atom. The van der Waals surface area contributed by atoms with Crippen LogP contribution in [-0.4, -0.2) is 18.0 Å². The van der Waals surface area contributed by atoms with Crippen LogP contribution in [0.3, 0.4) is 0 Å². The van der Waals surface area contributed by atoms with Crippen molar-refractivity contribution in [2.24, 2.45) is 0 Å². The maximum atomic E-state index is 5.51. The van der Waals surface area contributed by atoms with E-state index in [9.17, 15) is 0 Å². The van der Waals surface area contributed by atoms with E-state index < -0.39 is 8.07 Å². The van der Waals surface area contributed by atoms with Crippen LogP contribution in [0.2, 0.25) is 13.1 Å². The zero-order valence-electron chi connectivity index (χ0n) is 27.8. The molecule has 236 valence electrons. The number of hydrogen-bond acceptors (Lipinski definition) is 3. The van der Waals surface area contributed by atoms with E-state index in [1.807, 2.05) is 11.3 Å². The molecule has 0 atom stereocenters. The monoisotopic (exact) mass is 672 g/mol. The summed E-state index contributed by atoms with van der Waals surface area (Å²) in [6.07, 6.45) is 0. The molecule has 0 aliphatic carbocycles. The summed E-state index contributed by atoms with van der Waals surface area (Å²) in [6.45, 7) is 4.95. The zero-order valence-corrected chi connectivity index (χ0v) is 29.6. The van der Waals surface area contributed by atoms with Gasteiger partial charge in [0, 0.05) is 36.7 Å². The van der Waals surface area contributed by atoms with Gasteiger partial charge in [-0.1, -0.05) is 140 Å². The lowest BCUT2D eigenvalue weighted by molar-refractivity contribution is 1.23. The van der Waals surface area contributed by atoms with Crippen LogP contribution < -0.4 is 10.4 Å². The van der Waals surface area contributed by atoms with Gasteiger partial charge in [0.25, 0.3) is 0 Å². The van der Waals surface area contributed by atoms with Crippen LogP contribution in [0.5, 0.6) is 0 Å². The molecule has 0 radical (unpaired) electrons. The first-order chi connectivity index (χ1) is 24.5. The first-order valence-electron chi connectivity index (χ1n) is 17.2. The van der Waals surface area contributed by atoms with Crippen molar-refractivity contribution in [3.05, 3.63) is 158 Å². The molecular formula is C46H32N2SSi. The summed E-state index contributed by atoms with van der Waals surface area (Å²) in [5.41, 5.74) is 11.6. The molecule has 0 bridgehead atoms. The van der Waals surface area contributed by atoms with Crippen LogP contribution in [0.15, 0.2) is 158 Å². The zero-order chi connectivity index (χ0) is 33.4. The molecule has 0 saturated heterocycles. The Bertz CT molecular complexity index is 2800. The van der Waals surface area contributed by atoms with Gasteiger partial charge in [-0.15, -0.1) is 11.3 Å². The van der Waals surface area contributed by atoms with Gasteiger partial charge in [0.2, 0.25) is 0 Å². The van der Waals surface area contributed by atoms with Gasteiger partial charge in [0.1, 0.15) is 8.07 Å². The van der Waals surface area contributed by atoms with Gasteiger partial charge in [-0.25, -0.2) is 9.97 Å². The summed E-state index contributed by atoms with van der Waals surface area (Å²) in [5, 5.41) is 6.58. The van der Waals surface area contributed by atoms with Gasteiger partial charge in [-0.05, 0) is 74.1 Å². The fourth-order valence-corrected chi connectivity index (χ4v) is 12.5. The van der Waals surface area contributed by atoms with Crippen LogP contribution in [0.25, 0.3) is 87.1 Å². The highest BCUT2D eigenvalue weighted by Gasteiger charge is 2.39. The highest BCUT2D eigenvalue weighted by Crippen LogP contribution is 2.40. The summed E-state index contributed by atoms with van der Waals surface area (Å²) >= 11 is 1.85. The van der Waals surface area contributed by atoms with E-state index in [1.165, 1.54) is 58.4 Å². The first-order valence-corrected chi connectivity index (χ1v) is 21.0. The van der Waals surface area contributed by atoms with E-state index in [2.05, 4.69) is 171 Å². The summed E-state index contributed by atoms with van der Waals surface area (Å²) < 4.78 is 2.60. The number of nitrogens with zero attached hydrogens (tertiary/aromatic N) is 2. The highest BCUT2D eigenvalue weighted by molar-refractivity contribution is 7.25. The van der Waals surface area contributed by atoms with Gasteiger partial charge in [0.05, 0.1) is 11.2 Å². The lowest BCUT2D eigenvalue weighted by Crippen LogP contribution is -2.49. The van der Waals surface area contributed by atoms with Gasteiger partial charge >= 0.3 is 0 Å². The molecule has 50 heavy (non-hydrogen) atoms. The predicted octanol–water partition coefficient (Wildman–Crippen LogP) is 11.5. The van der Waals surface area contributed by atoms with Crippen molar-refractivity contribution >= 4 is 60.9 Å². The van der Waals surface area contributed by atoms with E-state index >= 15 is 0 Å². The Balaban J connectivity index is 1.20. The minimum atomic E-state index is -2.05. The van der Waals surface area contributed by atoms with Crippen molar-refractivity contribution in [2.45, 2.75) is 13.1 Å². The fourth-order valence-electron chi connectivity index (χ4n) is 8.02. The molecule has 2 aromatic heterocycles. The molecule has 0 saturated carbocycles. The van der Waals surface area contributed by atoms with Gasteiger partial charge in [-0.2, -0.15) is 0 Å². The lowest BCUT2D eigenvalue weighted by atomic mass is 9.97. The van der Waals surface area contributed by atoms with E-state index in [0.29, 0.717) is 0 Å². The minimum Gasteiger partial charge on any atom is -0.228 e. The van der Waals surface area contributed by atoms with E-state index in [4.69, 9.17) is 9.97 Å². The molecule has 1 aliphatic rings. The molecule has 1 aliphatic heterocycles. The Morgan fingerprint density at radius 1 is 0.440 bits per heavy atom. The minimum absolute atomic E-state index is 0.762. The Morgan fingerprint density at radius 2 is 1.10 bits per heavy atom. The van der Waals surface area contributed by atoms with Crippen molar-refractivity contribution in [3.63, 3.8) is 0 Å². The standard InChI is InChI=1S/C46H32N2SSi/c1-50(2)42-21-9-7-19-36(42)37-23-24-38-43(33-22-25-41-39(28-33)35-18-6-8-20-40(35)49-41)47-46(48-44(38)45(37)50)34-17-11-16-32(27-34)31-15-10-14-30(26-31)29-12-4-3-5-13-29/h3-28H,1-2H3. The maximum Gasteiger partial charge on any atom is 0.160 e. The summed E-state index contributed by atoms with van der Waals surface area (Å²) in [6, 6.07) is 57.2. The lowest BCUT2D eigenvalue weighted by Gasteiger charge is -2.21. The smallest absolute Gasteiger partial charge is 0.160 e. The summed E-state index contributed by atoms with van der Waals surface area (Å²) in [4.78, 5) is 11.0. The average Bonchev–Trinajstić information content (AvgIpc) is 3.66. The second-order valence-electron chi connectivity index (χ2n) is 13.8. The Labute approximate surface area is 296 Å². The number of aromatic nitrogens is 2.